The zero-order chi connectivity index (χ0) is 10.8. The Bertz CT molecular complexity index is 309. The predicted molar refractivity (Wildman–Crippen MR) is 60.2 cm³/mol. The van der Waals surface area contributed by atoms with Crippen molar-refractivity contribution >= 4 is 5.91 Å². The van der Waals surface area contributed by atoms with Gasteiger partial charge in [0.25, 0.3) is 0 Å². The quantitative estimate of drug-likeness (QED) is 0.693. The van der Waals surface area contributed by atoms with Crippen LogP contribution in [0.4, 0.5) is 0 Å². The van der Waals surface area contributed by atoms with E-state index in [2.05, 4.69) is 24.0 Å². The largest absolute Gasteiger partial charge is 0.309 e. The van der Waals surface area contributed by atoms with Crippen molar-refractivity contribution in [1.82, 2.24) is 10.2 Å². The van der Waals surface area contributed by atoms with Gasteiger partial charge in [-0.2, -0.15) is 0 Å². The molecule has 0 spiro atoms. The smallest absolute Gasteiger partial charge is 0.244 e. The molecular formula is C12H18N2O. The molecule has 1 fully saturated rings. The van der Waals surface area contributed by atoms with Crippen LogP contribution in [0.3, 0.4) is 0 Å². The van der Waals surface area contributed by atoms with E-state index >= 15 is 0 Å². The molecule has 15 heavy (non-hydrogen) atoms. The second-order valence-corrected chi connectivity index (χ2v) is 4.24. The number of nitrogens with zero attached hydrogens (tertiary/aromatic N) is 1. The molecule has 0 radical (unpaired) electrons. The van der Waals surface area contributed by atoms with Crippen molar-refractivity contribution < 1.29 is 4.79 Å². The van der Waals surface area contributed by atoms with Gasteiger partial charge in [-0.05, 0) is 32.7 Å². The van der Waals surface area contributed by atoms with Gasteiger partial charge in [-0.1, -0.05) is 18.7 Å². The van der Waals surface area contributed by atoms with E-state index in [0.717, 1.165) is 31.4 Å². The van der Waals surface area contributed by atoms with Gasteiger partial charge in [-0.15, -0.1) is 0 Å². The Morgan fingerprint density at radius 2 is 2.33 bits per heavy atom. The molecule has 1 N–H and O–H groups in total. The van der Waals surface area contributed by atoms with Crippen LogP contribution in [0.15, 0.2) is 24.4 Å². The maximum atomic E-state index is 12.2. The lowest BCUT2D eigenvalue weighted by molar-refractivity contribution is -0.132. The van der Waals surface area contributed by atoms with Gasteiger partial charge in [0.15, 0.2) is 0 Å². The fourth-order valence-corrected chi connectivity index (χ4v) is 2.19. The van der Waals surface area contributed by atoms with Crippen LogP contribution in [0.25, 0.3) is 0 Å². The third kappa shape index (κ3) is 1.84. The summed E-state index contributed by atoms with van der Waals surface area (Å²) in [6.45, 7) is 4.02. The molecule has 3 nitrogen and oxygen atoms in total. The number of carbonyl (C=O) groups excluding carboxylic acids is 1. The molecule has 0 bridgehead atoms. The number of amides is 1. The summed E-state index contributed by atoms with van der Waals surface area (Å²) < 4.78 is 0. The fourth-order valence-electron chi connectivity index (χ4n) is 2.19. The van der Waals surface area contributed by atoms with Crippen molar-refractivity contribution in [3.05, 3.63) is 24.4 Å². The molecule has 1 heterocycles. The summed E-state index contributed by atoms with van der Waals surface area (Å²) in [6, 6.07) is 0.234. The predicted octanol–water partition coefficient (Wildman–Crippen LogP) is 1.43. The number of rotatable bonds is 2. The maximum Gasteiger partial charge on any atom is 0.244 e. The molecule has 2 rings (SSSR count). The topological polar surface area (TPSA) is 32.3 Å². The summed E-state index contributed by atoms with van der Waals surface area (Å²) in [7, 11) is 1.85. The van der Waals surface area contributed by atoms with E-state index in [1.54, 1.807) is 0 Å². The fraction of sp³-hybridized carbons (Fsp3) is 0.583. The molecule has 0 aromatic heterocycles. The first-order chi connectivity index (χ1) is 7.24. The third-order valence-electron chi connectivity index (χ3n) is 3.25. The minimum atomic E-state index is -0.0294. The Kier molecular flexibility index (Phi) is 2.91. The number of likely N-dealkylation sites (N-methyl/N-ethyl adjacent to an activating group) is 1. The Morgan fingerprint density at radius 1 is 1.60 bits per heavy atom. The van der Waals surface area contributed by atoms with Crippen LogP contribution in [-0.4, -0.2) is 29.9 Å². The normalized spacial score (nSPS) is 31.4. The lowest BCUT2D eigenvalue weighted by Gasteiger charge is -2.34. The summed E-state index contributed by atoms with van der Waals surface area (Å²) in [6.07, 6.45) is 8.06. The van der Waals surface area contributed by atoms with Gasteiger partial charge in [0.1, 0.15) is 0 Å². The van der Waals surface area contributed by atoms with Gasteiger partial charge in [0.2, 0.25) is 5.91 Å². The van der Waals surface area contributed by atoms with Crippen molar-refractivity contribution in [1.29, 1.82) is 0 Å². The number of hydrogen-bond acceptors (Lipinski definition) is 2. The average molecular weight is 206 g/mol. The first kappa shape index (κ1) is 10.4. The van der Waals surface area contributed by atoms with Gasteiger partial charge in [0.05, 0.1) is 12.1 Å². The molecule has 3 heteroatoms. The maximum absolute atomic E-state index is 12.2. The Balaban J connectivity index is 2.18. The number of hydrogen-bond donors (Lipinski definition) is 1. The van der Waals surface area contributed by atoms with Crippen molar-refractivity contribution in [2.75, 3.05) is 7.05 Å². The first-order valence-electron chi connectivity index (χ1n) is 5.59. The lowest BCUT2D eigenvalue weighted by atomic mass is 10.0. The van der Waals surface area contributed by atoms with E-state index in [4.69, 9.17) is 0 Å². The molecular weight excluding hydrogens is 188 g/mol. The lowest BCUT2D eigenvalue weighted by Crippen LogP contribution is -2.48. The number of nitrogens with one attached hydrogen (secondary N) is 1. The van der Waals surface area contributed by atoms with E-state index in [0.29, 0.717) is 0 Å². The second kappa shape index (κ2) is 4.19. The highest BCUT2D eigenvalue weighted by Gasteiger charge is 2.33. The van der Waals surface area contributed by atoms with Crippen molar-refractivity contribution in [3.63, 3.8) is 0 Å². The van der Waals surface area contributed by atoms with Crippen LogP contribution in [0, 0.1) is 0 Å². The summed E-state index contributed by atoms with van der Waals surface area (Å²) in [5, 5.41) is 3.09. The van der Waals surface area contributed by atoms with E-state index in [1.165, 1.54) is 0 Å². The highest BCUT2D eigenvalue weighted by molar-refractivity contribution is 5.84. The van der Waals surface area contributed by atoms with Crippen LogP contribution in [-0.2, 0) is 4.79 Å². The van der Waals surface area contributed by atoms with Crippen LogP contribution in [0.2, 0.25) is 0 Å². The van der Waals surface area contributed by atoms with Crippen LogP contribution < -0.4 is 5.32 Å². The SMILES string of the molecule is C=C1CCCC(NC)C(=O)N1C1C=CC1. The van der Waals surface area contributed by atoms with Crippen LogP contribution in [0.1, 0.15) is 25.7 Å². The van der Waals surface area contributed by atoms with Gasteiger partial charge in [-0.25, -0.2) is 0 Å². The van der Waals surface area contributed by atoms with E-state index in [-0.39, 0.29) is 18.0 Å². The van der Waals surface area contributed by atoms with Gasteiger partial charge in [0, 0.05) is 5.70 Å². The molecule has 2 aliphatic rings. The molecule has 1 aliphatic carbocycles. The zero-order valence-electron chi connectivity index (χ0n) is 9.20. The van der Waals surface area contributed by atoms with E-state index < -0.39 is 0 Å². The molecule has 0 aromatic rings. The van der Waals surface area contributed by atoms with Crippen molar-refractivity contribution in [3.8, 4) is 0 Å². The highest BCUT2D eigenvalue weighted by Crippen LogP contribution is 2.27. The Morgan fingerprint density at radius 3 is 2.87 bits per heavy atom. The molecule has 2 unspecified atom stereocenters. The zero-order valence-corrected chi connectivity index (χ0v) is 9.20. The summed E-state index contributed by atoms with van der Waals surface area (Å²) in [4.78, 5) is 14.1. The monoisotopic (exact) mass is 206 g/mol. The minimum Gasteiger partial charge on any atom is -0.309 e. The van der Waals surface area contributed by atoms with Crippen molar-refractivity contribution in [2.45, 2.75) is 37.8 Å². The summed E-state index contributed by atoms with van der Waals surface area (Å²) in [5.74, 6) is 0.189. The molecule has 2 atom stereocenters. The molecule has 0 aromatic carbocycles. The van der Waals surface area contributed by atoms with E-state index in [1.807, 2.05) is 11.9 Å². The Labute approximate surface area is 90.8 Å². The third-order valence-corrected chi connectivity index (χ3v) is 3.25. The van der Waals surface area contributed by atoms with Crippen LogP contribution >= 0.6 is 0 Å². The van der Waals surface area contributed by atoms with Crippen LogP contribution in [0.5, 0.6) is 0 Å². The minimum absolute atomic E-state index is 0.0294. The molecule has 1 aliphatic heterocycles. The standard InChI is InChI=1S/C12H18N2O/c1-9-5-3-8-11(13-2)12(15)14(9)10-6-4-7-10/h4,6,10-11,13H,1,3,5,7-8H2,2H3. The molecule has 0 saturated carbocycles. The number of carbonyl (C=O) groups is 1. The number of allylic oxidation sites excluding steroid dienone is 1. The average Bonchev–Trinajstić information content (AvgIpc) is 2.27. The first-order valence-corrected chi connectivity index (χ1v) is 5.59. The van der Waals surface area contributed by atoms with Crippen molar-refractivity contribution in [2.24, 2.45) is 0 Å². The van der Waals surface area contributed by atoms with Gasteiger partial charge < -0.3 is 10.2 Å². The molecule has 82 valence electrons. The van der Waals surface area contributed by atoms with Gasteiger partial charge in [-0.3, -0.25) is 4.79 Å². The molecule has 1 amide bonds. The number of likely N-dealkylation sites (tertiary alicyclic amines) is 1. The molecule has 1 saturated heterocycles. The van der Waals surface area contributed by atoms with Gasteiger partial charge >= 0.3 is 0 Å². The second-order valence-electron chi connectivity index (χ2n) is 4.24. The van der Waals surface area contributed by atoms with E-state index in [9.17, 15) is 4.79 Å². The summed E-state index contributed by atoms with van der Waals surface area (Å²) >= 11 is 0. The Hall–Kier alpha value is -1.09. The highest BCUT2D eigenvalue weighted by atomic mass is 16.2. The summed E-state index contributed by atoms with van der Waals surface area (Å²) in [5.41, 5.74) is 0.979.